The second-order valence-electron chi connectivity index (χ2n) is 4.19. The van der Waals surface area contributed by atoms with Crippen molar-refractivity contribution in [2.24, 2.45) is 0 Å². The van der Waals surface area contributed by atoms with Gasteiger partial charge in [0, 0.05) is 18.7 Å². The minimum Gasteiger partial charge on any atom is -0.508 e. The summed E-state index contributed by atoms with van der Waals surface area (Å²) in [5.41, 5.74) is 0.563. The summed E-state index contributed by atoms with van der Waals surface area (Å²) in [5, 5.41) is 17.9. The van der Waals surface area contributed by atoms with Crippen LogP contribution in [0.25, 0.3) is 0 Å². The Hall–Kier alpha value is -1.90. The first-order chi connectivity index (χ1) is 8.69. The lowest BCUT2D eigenvalue weighted by atomic mass is 10.1. The van der Waals surface area contributed by atoms with Gasteiger partial charge in [0.1, 0.15) is 5.75 Å². The first-order valence-corrected chi connectivity index (χ1v) is 5.75. The van der Waals surface area contributed by atoms with E-state index in [1.807, 2.05) is 11.0 Å². The summed E-state index contributed by atoms with van der Waals surface area (Å²) in [4.78, 5) is 13.9. The number of nitriles is 1. The largest absolute Gasteiger partial charge is 0.508 e. The molecule has 5 heteroatoms. The van der Waals surface area contributed by atoms with Crippen LogP contribution >= 0.6 is 0 Å². The smallest absolute Gasteiger partial charge is 0.176 e. The third-order valence-electron chi connectivity index (χ3n) is 2.85. The lowest BCUT2D eigenvalue weighted by molar-refractivity contribution is 0.00241. The van der Waals surface area contributed by atoms with Crippen LogP contribution < -0.4 is 0 Å². The standard InChI is InChI=1S/C13H14N2O3/c14-7-12-8-15(5-6-18-12)9-13(17)10-1-3-11(16)4-2-10/h1-4,12,16H,5-6,8-9H2. The zero-order valence-electron chi connectivity index (χ0n) is 9.87. The molecule has 1 aromatic carbocycles. The van der Waals surface area contributed by atoms with Gasteiger partial charge in [0.25, 0.3) is 0 Å². The van der Waals surface area contributed by atoms with Gasteiger partial charge in [-0.1, -0.05) is 0 Å². The third-order valence-corrected chi connectivity index (χ3v) is 2.85. The van der Waals surface area contributed by atoms with Crippen molar-refractivity contribution in [3.63, 3.8) is 0 Å². The average molecular weight is 246 g/mol. The number of rotatable bonds is 3. The summed E-state index contributed by atoms with van der Waals surface area (Å²) in [6.07, 6.45) is -0.452. The molecule has 0 aromatic heterocycles. The lowest BCUT2D eigenvalue weighted by Gasteiger charge is -2.28. The lowest BCUT2D eigenvalue weighted by Crippen LogP contribution is -2.44. The number of phenols is 1. The number of Topliss-reactive ketones (excluding diaryl/α,β-unsaturated/α-hetero) is 1. The van der Waals surface area contributed by atoms with Crippen LogP contribution in [-0.2, 0) is 4.74 Å². The van der Waals surface area contributed by atoms with Gasteiger partial charge in [0.2, 0.25) is 0 Å². The van der Waals surface area contributed by atoms with Crippen LogP contribution in [0.15, 0.2) is 24.3 Å². The second kappa shape index (κ2) is 5.63. The average Bonchev–Trinajstić information content (AvgIpc) is 2.39. The van der Waals surface area contributed by atoms with Crippen molar-refractivity contribution in [1.29, 1.82) is 5.26 Å². The Balaban J connectivity index is 1.95. The quantitative estimate of drug-likeness (QED) is 0.798. The van der Waals surface area contributed by atoms with Gasteiger partial charge >= 0.3 is 0 Å². The van der Waals surface area contributed by atoms with E-state index >= 15 is 0 Å². The van der Waals surface area contributed by atoms with Gasteiger partial charge < -0.3 is 9.84 Å². The molecule has 5 nitrogen and oxygen atoms in total. The zero-order valence-corrected chi connectivity index (χ0v) is 9.87. The summed E-state index contributed by atoms with van der Waals surface area (Å²) in [6, 6.07) is 8.22. The van der Waals surface area contributed by atoms with Gasteiger partial charge in [-0.2, -0.15) is 5.26 Å². The maximum absolute atomic E-state index is 12.0. The number of ether oxygens (including phenoxy) is 1. The van der Waals surface area contributed by atoms with E-state index in [0.717, 1.165) is 0 Å². The fourth-order valence-electron chi connectivity index (χ4n) is 1.87. The number of ketones is 1. The molecular formula is C13H14N2O3. The van der Waals surface area contributed by atoms with Crippen LogP contribution in [0.3, 0.4) is 0 Å². The van der Waals surface area contributed by atoms with Gasteiger partial charge in [-0.15, -0.1) is 0 Å². The van der Waals surface area contributed by atoms with Crippen LogP contribution in [0.4, 0.5) is 0 Å². The van der Waals surface area contributed by atoms with Crippen molar-refractivity contribution >= 4 is 5.78 Å². The van der Waals surface area contributed by atoms with E-state index in [9.17, 15) is 4.79 Å². The number of aromatic hydroxyl groups is 1. The van der Waals surface area contributed by atoms with Gasteiger partial charge in [-0.25, -0.2) is 0 Å². The molecular weight excluding hydrogens is 232 g/mol. The molecule has 0 amide bonds. The highest BCUT2D eigenvalue weighted by Crippen LogP contribution is 2.11. The fraction of sp³-hybridized carbons (Fsp3) is 0.385. The van der Waals surface area contributed by atoms with Gasteiger partial charge in [0.05, 0.1) is 19.2 Å². The number of morpholine rings is 1. The summed E-state index contributed by atoms with van der Waals surface area (Å²) < 4.78 is 5.21. The summed E-state index contributed by atoms with van der Waals surface area (Å²) in [7, 11) is 0. The fourth-order valence-corrected chi connectivity index (χ4v) is 1.87. The van der Waals surface area contributed by atoms with Crippen molar-refractivity contribution in [1.82, 2.24) is 4.90 Å². The molecule has 0 radical (unpaired) electrons. The molecule has 0 spiro atoms. The predicted octanol–water partition coefficient (Wildman–Crippen LogP) is 0.799. The maximum atomic E-state index is 12.0. The van der Waals surface area contributed by atoms with Crippen LogP contribution in [0, 0.1) is 11.3 Å². The van der Waals surface area contributed by atoms with Crippen LogP contribution in [0.2, 0.25) is 0 Å². The van der Waals surface area contributed by atoms with Crippen LogP contribution in [0.5, 0.6) is 5.75 Å². The molecule has 18 heavy (non-hydrogen) atoms. The summed E-state index contributed by atoms with van der Waals surface area (Å²) in [5.74, 6) is 0.121. The van der Waals surface area contributed by atoms with Gasteiger partial charge in [-0.3, -0.25) is 9.69 Å². The molecule has 1 fully saturated rings. The van der Waals surface area contributed by atoms with Crippen LogP contribution in [-0.4, -0.2) is 48.1 Å². The van der Waals surface area contributed by atoms with Gasteiger partial charge in [0.15, 0.2) is 11.9 Å². The van der Waals surface area contributed by atoms with E-state index in [1.54, 1.807) is 12.1 Å². The van der Waals surface area contributed by atoms with Crippen molar-refractivity contribution in [3.8, 4) is 11.8 Å². The molecule has 1 saturated heterocycles. The van der Waals surface area contributed by atoms with E-state index in [2.05, 4.69) is 0 Å². The Morgan fingerprint density at radius 1 is 1.50 bits per heavy atom. The first kappa shape index (κ1) is 12.6. The Kier molecular flexibility index (Phi) is 3.92. The zero-order chi connectivity index (χ0) is 13.0. The Labute approximate surface area is 105 Å². The number of phenolic OH excluding ortho intramolecular Hbond substituents is 1. The third kappa shape index (κ3) is 3.06. The summed E-state index contributed by atoms with van der Waals surface area (Å²) >= 11 is 0. The summed E-state index contributed by atoms with van der Waals surface area (Å²) in [6.45, 7) is 1.86. The maximum Gasteiger partial charge on any atom is 0.176 e. The molecule has 0 aliphatic carbocycles. The Bertz CT molecular complexity index is 464. The molecule has 1 aliphatic rings. The van der Waals surface area contributed by atoms with E-state index in [-0.39, 0.29) is 18.1 Å². The van der Waals surface area contributed by atoms with E-state index in [4.69, 9.17) is 15.1 Å². The number of carbonyl (C=O) groups excluding carboxylic acids is 1. The monoisotopic (exact) mass is 246 g/mol. The number of carbonyl (C=O) groups is 1. The molecule has 1 N–H and O–H groups in total. The molecule has 0 bridgehead atoms. The molecule has 1 heterocycles. The number of benzene rings is 1. The van der Waals surface area contributed by atoms with Crippen molar-refractivity contribution in [3.05, 3.63) is 29.8 Å². The molecule has 94 valence electrons. The second-order valence-corrected chi connectivity index (χ2v) is 4.19. The van der Waals surface area contributed by atoms with Crippen molar-refractivity contribution in [2.75, 3.05) is 26.2 Å². The minimum absolute atomic E-state index is 0.0198. The Morgan fingerprint density at radius 3 is 2.89 bits per heavy atom. The van der Waals surface area contributed by atoms with Crippen molar-refractivity contribution < 1.29 is 14.6 Å². The number of hydrogen-bond acceptors (Lipinski definition) is 5. The molecule has 0 saturated carbocycles. The first-order valence-electron chi connectivity index (χ1n) is 5.75. The molecule has 2 rings (SSSR count). The highest BCUT2D eigenvalue weighted by atomic mass is 16.5. The van der Waals surface area contributed by atoms with Crippen LogP contribution in [0.1, 0.15) is 10.4 Å². The normalized spacial score (nSPS) is 20.3. The molecule has 1 unspecified atom stereocenters. The highest BCUT2D eigenvalue weighted by Gasteiger charge is 2.22. The molecule has 1 atom stereocenters. The predicted molar refractivity (Wildman–Crippen MR) is 64.2 cm³/mol. The molecule has 1 aromatic rings. The highest BCUT2D eigenvalue weighted by molar-refractivity contribution is 5.97. The SMILES string of the molecule is N#CC1CN(CC(=O)c2ccc(O)cc2)CCO1. The molecule has 1 aliphatic heterocycles. The van der Waals surface area contributed by atoms with E-state index in [0.29, 0.717) is 25.3 Å². The topological polar surface area (TPSA) is 73.6 Å². The number of nitrogens with zero attached hydrogens (tertiary/aromatic N) is 2. The minimum atomic E-state index is -0.452. The van der Waals surface area contributed by atoms with Gasteiger partial charge in [-0.05, 0) is 24.3 Å². The van der Waals surface area contributed by atoms with E-state index in [1.165, 1.54) is 12.1 Å². The van der Waals surface area contributed by atoms with E-state index < -0.39 is 6.10 Å². The Morgan fingerprint density at radius 2 is 2.22 bits per heavy atom. The van der Waals surface area contributed by atoms with Crippen molar-refractivity contribution in [2.45, 2.75) is 6.10 Å². The number of hydrogen-bond donors (Lipinski definition) is 1.